The fourth-order valence-corrected chi connectivity index (χ4v) is 6.60. The lowest BCUT2D eigenvalue weighted by atomic mass is 9.63. The molecular formula is C31H43F. The number of aryl methyl sites for hydroxylation is 1. The van der Waals surface area contributed by atoms with Crippen LogP contribution in [-0.2, 0) is 6.42 Å². The number of hydrogen-bond donors (Lipinski definition) is 0. The van der Waals surface area contributed by atoms with Gasteiger partial charge < -0.3 is 0 Å². The van der Waals surface area contributed by atoms with Gasteiger partial charge in [-0.25, -0.2) is 4.39 Å². The normalized spacial score (nSPS) is 26.0. The van der Waals surface area contributed by atoms with E-state index in [-0.39, 0.29) is 5.82 Å². The van der Waals surface area contributed by atoms with Crippen LogP contribution in [0, 0.1) is 23.6 Å². The van der Waals surface area contributed by atoms with Gasteiger partial charge in [0.25, 0.3) is 0 Å². The van der Waals surface area contributed by atoms with Crippen molar-refractivity contribution < 1.29 is 4.39 Å². The minimum atomic E-state index is -0.0247. The fraction of sp³-hybridized carbons (Fsp3) is 0.613. The van der Waals surface area contributed by atoms with Crippen LogP contribution in [0.3, 0.4) is 0 Å². The molecule has 4 atom stereocenters. The zero-order valence-corrected chi connectivity index (χ0v) is 20.4. The molecule has 2 aromatic carbocycles. The lowest BCUT2D eigenvalue weighted by Crippen LogP contribution is -2.30. The van der Waals surface area contributed by atoms with Crippen molar-refractivity contribution in [3.63, 3.8) is 0 Å². The molecule has 0 radical (unpaired) electrons. The second-order valence-electron chi connectivity index (χ2n) is 10.7. The minimum Gasteiger partial charge on any atom is -0.206 e. The molecule has 0 N–H and O–H groups in total. The molecular weight excluding hydrogens is 391 g/mol. The minimum absolute atomic E-state index is 0.0247. The first-order valence-corrected chi connectivity index (χ1v) is 13.5. The Balaban J connectivity index is 1.38. The monoisotopic (exact) mass is 434 g/mol. The summed E-state index contributed by atoms with van der Waals surface area (Å²) < 4.78 is 15.1. The number of rotatable bonds is 9. The van der Waals surface area contributed by atoms with Crippen LogP contribution in [0.2, 0.25) is 0 Å². The van der Waals surface area contributed by atoms with Crippen molar-refractivity contribution in [1.29, 1.82) is 0 Å². The van der Waals surface area contributed by atoms with Crippen LogP contribution in [0.1, 0.15) is 108 Å². The molecule has 174 valence electrons. The highest BCUT2D eigenvalue weighted by atomic mass is 19.1. The Bertz CT molecular complexity index is 895. The molecule has 4 rings (SSSR count). The lowest BCUT2D eigenvalue weighted by Gasteiger charge is -2.42. The average Bonchev–Trinajstić information content (AvgIpc) is 2.82. The van der Waals surface area contributed by atoms with Gasteiger partial charge in [-0.05, 0) is 104 Å². The summed E-state index contributed by atoms with van der Waals surface area (Å²) in [4.78, 5) is 0. The van der Waals surface area contributed by atoms with Gasteiger partial charge in [0.05, 0.1) is 0 Å². The summed E-state index contributed by atoms with van der Waals surface area (Å²) in [5.41, 5.74) is 2.48. The second kappa shape index (κ2) is 11.5. The van der Waals surface area contributed by atoms with Crippen LogP contribution in [0.4, 0.5) is 4.39 Å². The van der Waals surface area contributed by atoms with Crippen LogP contribution in [-0.4, -0.2) is 0 Å². The van der Waals surface area contributed by atoms with Crippen molar-refractivity contribution in [1.82, 2.24) is 0 Å². The zero-order valence-electron chi connectivity index (χ0n) is 20.4. The number of unbranched alkanes of at least 4 members (excludes halogenated alkanes) is 3. The molecule has 0 amide bonds. The summed E-state index contributed by atoms with van der Waals surface area (Å²) in [6, 6.07) is 10.5. The number of fused-ring (bicyclic) bond motifs is 2. The van der Waals surface area contributed by atoms with Crippen LogP contribution in [0.25, 0.3) is 10.8 Å². The topological polar surface area (TPSA) is 0 Å². The van der Waals surface area contributed by atoms with Crippen LogP contribution in [0.15, 0.2) is 42.5 Å². The third-order valence-electron chi connectivity index (χ3n) is 8.48. The first kappa shape index (κ1) is 23.5. The van der Waals surface area contributed by atoms with Gasteiger partial charge in [-0.15, -0.1) is 0 Å². The van der Waals surface area contributed by atoms with Gasteiger partial charge in [-0.3, -0.25) is 0 Å². The maximum absolute atomic E-state index is 15.1. The Morgan fingerprint density at radius 2 is 1.78 bits per heavy atom. The van der Waals surface area contributed by atoms with Crippen molar-refractivity contribution in [2.45, 2.75) is 103 Å². The summed E-state index contributed by atoms with van der Waals surface area (Å²) in [6.45, 7) is 4.35. The van der Waals surface area contributed by atoms with E-state index in [1.54, 1.807) is 0 Å². The molecule has 0 nitrogen and oxygen atoms in total. The largest absolute Gasteiger partial charge is 0.206 e. The first-order chi connectivity index (χ1) is 15.7. The van der Waals surface area contributed by atoms with E-state index in [0.717, 1.165) is 41.4 Å². The third-order valence-corrected chi connectivity index (χ3v) is 8.48. The standard InChI is InChI=1S/C31H43F/c1-3-5-7-9-11-23-12-14-26-20-27(17-16-25(26)18-23)29-21-28-15-13-24(10-8-6-4-2)19-30(28)31(32)22-29/h4,6,13,15,19,21-23,25-27H,3,5,7-12,14,16-18,20H2,1-2H3. The Kier molecular flexibility index (Phi) is 8.44. The van der Waals surface area contributed by atoms with Crippen molar-refractivity contribution >= 4 is 10.8 Å². The highest BCUT2D eigenvalue weighted by Gasteiger charge is 2.36. The quantitative estimate of drug-likeness (QED) is 0.272. The van der Waals surface area contributed by atoms with E-state index >= 15 is 4.39 Å². The number of hydrogen-bond acceptors (Lipinski definition) is 0. The van der Waals surface area contributed by atoms with E-state index < -0.39 is 0 Å². The predicted octanol–water partition coefficient (Wildman–Crippen LogP) is 9.76. The van der Waals surface area contributed by atoms with Gasteiger partial charge in [-0.1, -0.05) is 75.8 Å². The third kappa shape index (κ3) is 5.83. The molecule has 0 spiro atoms. The molecule has 2 aromatic rings. The molecule has 32 heavy (non-hydrogen) atoms. The maximum atomic E-state index is 15.1. The van der Waals surface area contributed by atoms with E-state index in [2.05, 4.69) is 50.3 Å². The Labute approximate surface area is 195 Å². The van der Waals surface area contributed by atoms with Crippen molar-refractivity contribution in [2.75, 3.05) is 0 Å². The Morgan fingerprint density at radius 1 is 0.938 bits per heavy atom. The number of halogens is 1. The van der Waals surface area contributed by atoms with Crippen LogP contribution < -0.4 is 0 Å². The second-order valence-corrected chi connectivity index (χ2v) is 10.7. The molecule has 4 unspecified atom stereocenters. The lowest BCUT2D eigenvalue weighted by molar-refractivity contribution is 0.113. The summed E-state index contributed by atoms with van der Waals surface area (Å²) in [6.07, 6.45) is 21.5. The van der Waals surface area contributed by atoms with Gasteiger partial charge in [0.2, 0.25) is 0 Å². The summed E-state index contributed by atoms with van der Waals surface area (Å²) in [7, 11) is 0. The molecule has 0 aliphatic heterocycles. The SMILES string of the molecule is CC=CCCc1ccc2cc(C3CCC4CC(CCCCCC)CCC4C3)cc(F)c2c1. The molecule has 0 saturated heterocycles. The molecule has 0 aromatic heterocycles. The highest BCUT2D eigenvalue weighted by molar-refractivity contribution is 5.84. The van der Waals surface area contributed by atoms with Crippen molar-refractivity contribution in [3.05, 3.63) is 59.4 Å². The van der Waals surface area contributed by atoms with Crippen LogP contribution in [0.5, 0.6) is 0 Å². The molecule has 0 bridgehead atoms. The van der Waals surface area contributed by atoms with Gasteiger partial charge in [-0.2, -0.15) is 0 Å². The summed E-state index contributed by atoms with van der Waals surface area (Å²) >= 11 is 0. The highest BCUT2D eigenvalue weighted by Crippen LogP contribution is 2.48. The smallest absolute Gasteiger partial charge is 0.131 e. The number of allylic oxidation sites excluding steroid dienone is 2. The predicted molar refractivity (Wildman–Crippen MR) is 137 cm³/mol. The Hall–Kier alpha value is -1.63. The van der Waals surface area contributed by atoms with E-state index in [1.165, 1.54) is 81.8 Å². The van der Waals surface area contributed by atoms with E-state index in [1.807, 2.05) is 6.07 Å². The van der Waals surface area contributed by atoms with Crippen molar-refractivity contribution in [2.24, 2.45) is 17.8 Å². The summed E-state index contributed by atoms with van der Waals surface area (Å²) in [5, 5.41) is 1.87. The molecule has 1 heteroatoms. The fourth-order valence-electron chi connectivity index (χ4n) is 6.60. The molecule has 2 fully saturated rings. The number of benzene rings is 2. The van der Waals surface area contributed by atoms with Gasteiger partial charge >= 0.3 is 0 Å². The molecule has 2 aliphatic rings. The van der Waals surface area contributed by atoms with E-state index in [4.69, 9.17) is 0 Å². The zero-order chi connectivity index (χ0) is 22.3. The molecule has 0 heterocycles. The van der Waals surface area contributed by atoms with E-state index in [0.29, 0.717) is 5.92 Å². The Morgan fingerprint density at radius 3 is 2.62 bits per heavy atom. The first-order valence-electron chi connectivity index (χ1n) is 13.5. The van der Waals surface area contributed by atoms with E-state index in [9.17, 15) is 0 Å². The summed E-state index contributed by atoms with van der Waals surface area (Å²) in [5.74, 6) is 3.30. The average molecular weight is 435 g/mol. The van der Waals surface area contributed by atoms with Gasteiger partial charge in [0, 0.05) is 5.39 Å². The van der Waals surface area contributed by atoms with Crippen molar-refractivity contribution in [3.8, 4) is 0 Å². The van der Waals surface area contributed by atoms with Gasteiger partial charge in [0.1, 0.15) is 5.82 Å². The van der Waals surface area contributed by atoms with Crippen LogP contribution >= 0.6 is 0 Å². The van der Waals surface area contributed by atoms with Gasteiger partial charge in [0.15, 0.2) is 0 Å². The molecule has 2 saturated carbocycles. The molecule has 2 aliphatic carbocycles. The maximum Gasteiger partial charge on any atom is 0.131 e.